The van der Waals surface area contributed by atoms with Crippen LogP contribution in [-0.2, 0) is 22.4 Å². The van der Waals surface area contributed by atoms with Gasteiger partial charge in [0.2, 0.25) is 0 Å². The number of hydrogen-bond acceptors (Lipinski definition) is 3. The Morgan fingerprint density at radius 3 is 2.50 bits per heavy atom. The normalized spacial score (nSPS) is 10.4. The van der Waals surface area contributed by atoms with Gasteiger partial charge in [0.25, 0.3) is 0 Å². The lowest BCUT2D eigenvalue weighted by Gasteiger charge is -2.13. The Kier molecular flexibility index (Phi) is 4.76. The Bertz CT molecular complexity index is 457. The van der Waals surface area contributed by atoms with Crippen LogP contribution in [0.2, 0.25) is 0 Å². The molecule has 0 aliphatic carbocycles. The van der Waals surface area contributed by atoms with Crippen molar-refractivity contribution in [3.8, 4) is 5.75 Å². The van der Waals surface area contributed by atoms with Crippen molar-refractivity contribution < 1.29 is 28.2 Å². The van der Waals surface area contributed by atoms with Gasteiger partial charge in [0.05, 0.1) is 6.42 Å². The van der Waals surface area contributed by atoms with Crippen molar-refractivity contribution in [3.05, 3.63) is 29.3 Å². The Hall–Kier alpha value is -1.98. The Labute approximate surface area is 102 Å². The number of carbonyl (C=O) groups is 2. The summed E-state index contributed by atoms with van der Waals surface area (Å²) in [6, 6.07) is 4.23. The van der Waals surface area contributed by atoms with Crippen LogP contribution in [0.25, 0.3) is 0 Å². The fourth-order valence-electron chi connectivity index (χ4n) is 1.60. The van der Waals surface area contributed by atoms with Gasteiger partial charge in [-0.25, -0.2) is 0 Å². The highest BCUT2D eigenvalue weighted by Crippen LogP contribution is 2.25. The molecule has 6 heteroatoms. The first-order valence-corrected chi connectivity index (χ1v) is 5.17. The standard InChI is InChI=1S/C12H12F2O4/c1-7(15)5-8-3-2-4-10(18-12(13)14)9(8)6-11(16)17/h2-4,12H,5-6H2,1H3,(H,16,17). The van der Waals surface area contributed by atoms with Gasteiger partial charge in [-0.15, -0.1) is 0 Å². The molecular formula is C12H12F2O4. The molecule has 0 unspecified atom stereocenters. The molecule has 0 aromatic heterocycles. The van der Waals surface area contributed by atoms with Crippen LogP contribution in [0.3, 0.4) is 0 Å². The molecule has 0 bridgehead atoms. The van der Waals surface area contributed by atoms with Crippen LogP contribution in [0.5, 0.6) is 5.75 Å². The molecule has 0 atom stereocenters. The zero-order valence-corrected chi connectivity index (χ0v) is 9.65. The molecule has 98 valence electrons. The largest absolute Gasteiger partial charge is 0.481 e. The molecule has 0 fully saturated rings. The number of carbonyl (C=O) groups excluding carboxylic acids is 1. The van der Waals surface area contributed by atoms with Crippen molar-refractivity contribution in [2.75, 3.05) is 0 Å². The summed E-state index contributed by atoms with van der Waals surface area (Å²) in [6.45, 7) is -1.70. The number of aliphatic carboxylic acids is 1. The van der Waals surface area contributed by atoms with Crippen molar-refractivity contribution >= 4 is 11.8 Å². The van der Waals surface area contributed by atoms with E-state index in [4.69, 9.17) is 5.11 Å². The van der Waals surface area contributed by atoms with Gasteiger partial charge in [-0.05, 0) is 18.6 Å². The van der Waals surface area contributed by atoms with E-state index in [1.807, 2.05) is 0 Å². The maximum Gasteiger partial charge on any atom is 0.387 e. The van der Waals surface area contributed by atoms with Gasteiger partial charge in [-0.3, -0.25) is 9.59 Å². The second-order valence-electron chi connectivity index (χ2n) is 3.72. The fourth-order valence-corrected chi connectivity index (χ4v) is 1.60. The van der Waals surface area contributed by atoms with Gasteiger partial charge in [-0.2, -0.15) is 8.78 Å². The Balaban J connectivity index is 3.15. The van der Waals surface area contributed by atoms with Gasteiger partial charge in [-0.1, -0.05) is 12.1 Å². The predicted molar refractivity (Wildman–Crippen MR) is 58.8 cm³/mol. The number of ether oxygens (including phenoxy) is 1. The van der Waals surface area contributed by atoms with Gasteiger partial charge in [0.15, 0.2) is 0 Å². The molecule has 0 saturated carbocycles. The second kappa shape index (κ2) is 6.09. The number of carboxylic acid groups (broad SMARTS) is 1. The molecule has 0 amide bonds. The minimum absolute atomic E-state index is 0.0109. The van der Waals surface area contributed by atoms with E-state index in [1.165, 1.54) is 25.1 Å². The zero-order valence-electron chi connectivity index (χ0n) is 9.65. The molecule has 0 saturated heterocycles. The Morgan fingerprint density at radius 2 is 2.00 bits per heavy atom. The molecule has 18 heavy (non-hydrogen) atoms. The SMILES string of the molecule is CC(=O)Cc1cccc(OC(F)F)c1CC(=O)O. The van der Waals surface area contributed by atoms with E-state index in [9.17, 15) is 18.4 Å². The fraction of sp³-hybridized carbons (Fsp3) is 0.333. The molecule has 1 N–H and O–H groups in total. The molecule has 0 radical (unpaired) electrons. The first-order chi connectivity index (χ1) is 8.40. The lowest BCUT2D eigenvalue weighted by Crippen LogP contribution is -2.11. The van der Waals surface area contributed by atoms with E-state index in [-0.39, 0.29) is 23.5 Å². The van der Waals surface area contributed by atoms with E-state index in [0.717, 1.165) is 0 Å². The zero-order chi connectivity index (χ0) is 13.7. The van der Waals surface area contributed by atoms with E-state index >= 15 is 0 Å². The van der Waals surface area contributed by atoms with Crippen LogP contribution in [0.1, 0.15) is 18.1 Å². The van der Waals surface area contributed by atoms with Gasteiger partial charge in [0, 0.05) is 12.0 Å². The number of carboxylic acids is 1. The van der Waals surface area contributed by atoms with Crippen molar-refractivity contribution in [2.24, 2.45) is 0 Å². The molecule has 1 rings (SSSR count). The van der Waals surface area contributed by atoms with Crippen molar-refractivity contribution in [1.29, 1.82) is 0 Å². The van der Waals surface area contributed by atoms with Gasteiger partial charge in [0.1, 0.15) is 11.5 Å². The third-order valence-corrected chi connectivity index (χ3v) is 2.21. The molecule has 4 nitrogen and oxygen atoms in total. The summed E-state index contributed by atoms with van der Waals surface area (Å²) in [7, 11) is 0. The van der Waals surface area contributed by atoms with Gasteiger partial charge >= 0.3 is 12.6 Å². The minimum Gasteiger partial charge on any atom is -0.481 e. The minimum atomic E-state index is -3.04. The highest BCUT2D eigenvalue weighted by Gasteiger charge is 2.16. The quantitative estimate of drug-likeness (QED) is 0.848. The van der Waals surface area contributed by atoms with Crippen LogP contribution in [-0.4, -0.2) is 23.5 Å². The monoisotopic (exact) mass is 258 g/mol. The predicted octanol–water partition coefficient (Wildman–Crippen LogP) is 2.05. The molecular weight excluding hydrogens is 246 g/mol. The van der Waals surface area contributed by atoms with Crippen LogP contribution in [0.4, 0.5) is 8.78 Å². The summed E-state index contributed by atoms with van der Waals surface area (Å²) >= 11 is 0. The highest BCUT2D eigenvalue weighted by molar-refractivity contribution is 5.80. The van der Waals surface area contributed by atoms with Crippen molar-refractivity contribution in [3.63, 3.8) is 0 Å². The van der Waals surface area contributed by atoms with E-state index in [2.05, 4.69) is 4.74 Å². The van der Waals surface area contributed by atoms with E-state index in [0.29, 0.717) is 5.56 Å². The molecule has 0 spiro atoms. The van der Waals surface area contributed by atoms with Crippen molar-refractivity contribution in [1.82, 2.24) is 0 Å². The van der Waals surface area contributed by atoms with E-state index in [1.54, 1.807) is 0 Å². The lowest BCUT2D eigenvalue weighted by molar-refractivity contribution is -0.136. The van der Waals surface area contributed by atoms with Crippen LogP contribution < -0.4 is 4.74 Å². The molecule has 0 aliphatic heterocycles. The van der Waals surface area contributed by atoms with Crippen LogP contribution >= 0.6 is 0 Å². The number of rotatable bonds is 6. The third-order valence-electron chi connectivity index (χ3n) is 2.21. The smallest absolute Gasteiger partial charge is 0.387 e. The number of benzene rings is 1. The van der Waals surface area contributed by atoms with Crippen LogP contribution in [0.15, 0.2) is 18.2 Å². The number of Topliss-reactive ketones (excluding diaryl/α,β-unsaturated/α-hetero) is 1. The summed E-state index contributed by atoms with van der Waals surface area (Å²) < 4.78 is 28.7. The second-order valence-corrected chi connectivity index (χ2v) is 3.72. The molecule has 1 aromatic carbocycles. The Morgan fingerprint density at radius 1 is 1.33 bits per heavy atom. The summed E-state index contributed by atoms with van der Waals surface area (Å²) in [4.78, 5) is 21.8. The topological polar surface area (TPSA) is 63.6 Å². The maximum absolute atomic E-state index is 12.2. The summed E-state index contributed by atoms with van der Waals surface area (Å²) in [5.74, 6) is -1.56. The van der Waals surface area contributed by atoms with Crippen LogP contribution in [0, 0.1) is 0 Å². The van der Waals surface area contributed by atoms with Gasteiger partial charge < -0.3 is 9.84 Å². The summed E-state index contributed by atoms with van der Waals surface area (Å²) in [6.07, 6.45) is -0.478. The first kappa shape index (κ1) is 14.1. The number of hydrogen-bond donors (Lipinski definition) is 1. The number of ketones is 1. The molecule has 0 heterocycles. The summed E-state index contributed by atoms with van der Waals surface area (Å²) in [5, 5.41) is 8.76. The summed E-state index contributed by atoms with van der Waals surface area (Å²) in [5.41, 5.74) is 0.503. The average molecular weight is 258 g/mol. The van der Waals surface area contributed by atoms with E-state index < -0.39 is 19.0 Å². The number of alkyl halides is 2. The number of halogens is 2. The average Bonchev–Trinajstić information content (AvgIpc) is 2.20. The molecule has 1 aromatic rings. The molecule has 0 aliphatic rings. The highest BCUT2D eigenvalue weighted by atomic mass is 19.3. The first-order valence-electron chi connectivity index (χ1n) is 5.17. The lowest BCUT2D eigenvalue weighted by atomic mass is 9.99. The maximum atomic E-state index is 12.2. The third kappa shape index (κ3) is 4.12. The van der Waals surface area contributed by atoms with Crippen molar-refractivity contribution in [2.45, 2.75) is 26.4 Å².